The molecule has 2 aliphatic heterocycles. The highest BCUT2D eigenvalue weighted by atomic mass is 16.5. The molecule has 1 atom stereocenters. The van der Waals surface area contributed by atoms with E-state index in [0.29, 0.717) is 19.4 Å². The first-order valence-corrected chi connectivity index (χ1v) is 9.47. The van der Waals surface area contributed by atoms with E-state index in [1.54, 1.807) is 7.11 Å². The number of amides is 2. The average molecular weight is 364 g/mol. The number of rotatable bonds is 5. The molecule has 140 valence electrons. The van der Waals surface area contributed by atoms with E-state index in [1.165, 1.54) is 11.1 Å². The summed E-state index contributed by atoms with van der Waals surface area (Å²) >= 11 is 0. The van der Waals surface area contributed by atoms with Crippen LogP contribution in [0.15, 0.2) is 42.5 Å². The predicted octanol–water partition coefficient (Wildman–Crippen LogP) is 3.11. The lowest BCUT2D eigenvalue weighted by molar-refractivity contribution is -0.119. The van der Waals surface area contributed by atoms with Gasteiger partial charge in [0.2, 0.25) is 11.8 Å². The lowest BCUT2D eigenvalue weighted by Crippen LogP contribution is -2.43. The van der Waals surface area contributed by atoms with Crippen LogP contribution in [0.4, 0.5) is 11.4 Å². The predicted molar refractivity (Wildman–Crippen MR) is 105 cm³/mol. The summed E-state index contributed by atoms with van der Waals surface area (Å²) < 4.78 is 5.53. The minimum Gasteiger partial charge on any atom is -0.379 e. The Labute approximate surface area is 159 Å². The van der Waals surface area contributed by atoms with Gasteiger partial charge in [-0.2, -0.15) is 0 Å². The fourth-order valence-corrected chi connectivity index (χ4v) is 3.97. The van der Waals surface area contributed by atoms with Crippen LogP contribution < -0.4 is 10.2 Å². The van der Waals surface area contributed by atoms with E-state index in [4.69, 9.17) is 4.74 Å². The first kappa shape index (κ1) is 17.7. The number of ether oxygens (including phenoxy) is 1. The van der Waals surface area contributed by atoms with E-state index < -0.39 is 0 Å². The molecule has 0 aliphatic carbocycles. The van der Waals surface area contributed by atoms with E-state index in [-0.39, 0.29) is 17.9 Å². The second-order valence-corrected chi connectivity index (χ2v) is 7.26. The van der Waals surface area contributed by atoms with E-state index >= 15 is 0 Å². The number of methoxy groups -OCH3 is 1. The molecule has 0 fully saturated rings. The summed E-state index contributed by atoms with van der Waals surface area (Å²) in [6.45, 7) is 0.610. The van der Waals surface area contributed by atoms with Crippen molar-refractivity contribution in [1.82, 2.24) is 0 Å². The largest absolute Gasteiger partial charge is 0.379 e. The molecule has 5 heteroatoms. The maximum Gasteiger partial charge on any atom is 0.228 e. The molecule has 2 amide bonds. The van der Waals surface area contributed by atoms with Crippen LogP contribution in [0.25, 0.3) is 0 Å². The molecule has 0 radical (unpaired) electrons. The molecule has 27 heavy (non-hydrogen) atoms. The smallest absolute Gasteiger partial charge is 0.228 e. The van der Waals surface area contributed by atoms with Crippen molar-refractivity contribution in [2.75, 3.05) is 23.9 Å². The van der Waals surface area contributed by atoms with Crippen LogP contribution in [0.3, 0.4) is 0 Å². The Morgan fingerprint density at radius 2 is 2.07 bits per heavy atom. The zero-order chi connectivity index (χ0) is 18.8. The highest BCUT2D eigenvalue weighted by Crippen LogP contribution is 2.29. The van der Waals surface area contributed by atoms with Gasteiger partial charge in [-0.15, -0.1) is 0 Å². The average Bonchev–Trinajstić information content (AvgIpc) is 3.06. The summed E-state index contributed by atoms with van der Waals surface area (Å²) in [5, 5.41) is 2.85. The molecular formula is C22H24N2O3. The van der Waals surface area contributed by atoms with Crippen LogP contribution in [0, 0.1) is 0 Å². The van der Waals surface area contributed by atoms with Crippen LogP contribution in [0.2, 0.25) is 0 Å². The second-order valence-electron chi connectivity index (χ2n) is 7.26. The number of anilines is 2. The molecule has 5 nitrogen and oxygen atoms in total. The number of fused-ring (bicyclic) bond motifs is 2. The first-order chi connectivity index (χ1) is 13.1. The number of nitrogens with one attached hydrogen (secondary N) is 1. The molecule has 2 aromatic rings. The molecule has 1 N–H and O–H groups in total. The molecular weight excluding hydrogens is 340 g/mol. The summed E-state index contributed by atoms with van der Waals surface area (Å²) in [6, 6.07) is 14.1. The van der Waals surface area contributed by atoms with Gasteiger partial charge in [0.1, 0.15) is 0 Å². The van der Waals surface area contributed by atoms with Crippen LogP contribution in [-0.4, -0.2) is 31.6 Å². The third kappa shape index (κ3) is 3.74. The van der Waals surface area contributed by atoms with Crippen LogP contribution in [0.1, 0.15) is 29.5 Å². The Balaban J connectivity index is 1.38. The SMILES string of the molecule is COC1Cc2ccccc2N(C(=O)CCCc2ccc3c(c2)CC(=O)N3)C1. The number of nitrogens with zero attached hydrogens (tertiary/aromatic N) is 1. The maximum atomic E-state index is 12.9. The number of para-hydroxylation sites is 1. The molecule has 0 aromatic heterocycles. The lowest BCUT2D eigenvalue weighted by atomic mass is 9.98. The summed E-state index contributed by atoms with van der Waals surface area (Å²) in [4.78, 5) is 26.2. The van der Waals surface area contributed by atoms with Crippen LogP contribution >= 0.6 is 0 Å². The van der Waals surface area contributed by atoms with Crippen molar-refractivity contribution in [3.05, 3.63) is 59.2 Å². The van der Waals surface area contributed by atoms with Gasteiger partial charge >= 0.3 is 0 Å². The number of carbonyl (C=O) groups is 2. The summed E-state index contributed by atoms with van der Waals surface area (Å²) in [7, 11) is 1.70. The summed E-state index contributed by atoms with van der Waals surface area (Å²) in [6.07, 6.45) is 3.46. The zero-order valence-electron chi connectivity index (χ0n) is 15.5. The van der Waals surface area contributed by atoms with Gasteiger partial charge in [-0.1, -0.05) is 30.3 Å². The normalized spacial score (nSPS) is 18.0. The van der Waals surface area contributed by atoms with Gasteiger partial charge in [-0.25, -0.2) is 0 Å². The molecule has 0 bridgehead atoms. The van der Waals surface area contributed by atoms with Crippen molar-refractivity contribution in [1.29, 1.82) is 0 Å². The van der Waals surface area contributed by atoms with Crippen LogP contribution in [-0.2, 0) is 33.6 Å². The molecule has 0 spiro atoms. The Morgan fingerprint density at radius 3 is 2.93 bits per heavy atom. The number of aryl methyl sites for hydroxylation is 1. The summed E-state index contributed by atoms with van der Waals surface area (Å²) in [5.74, 6) is 0.191. The lowest BCUT2D eigenvalue weighted by Gasteiger charge is -2.34. The Kier molecular flexibility index (Phi) is 4.94. The maximum absolute atomic E-state index is 12.9. The van der Waals surface area contributed by atoms with Gasteiger partial charge in [-0.3, -0.25) is 9.59 Å². The first-order valence-electron chi connectivity index (χ1n) is 9.47. The van der Waals surface area contributed by atoms with E-state index in [9.17, 15) is 9.59 Å². The molecule has 2 aromatic carbocycles. The third-order valence-corrected chi connectivity index (χ3v) is 5.40. The van der Waals surface area contributed by atoms with Crippen molar-refractivity contribution in [2.24, 2.45) is 0 Å². The zero-order valence-corrected chi connectivity index (χ0v) is 15.5. The highest BCUT2D eigenvalue weighted by molar-refractivity contribution is 5.99. The van der Waals surface area contributed by atoms with Crippen molar-refractivity contribution < 1.29 is 14.3 Å². The van der Waals surface area contributed by atoms with Crippen molar-refractivity contribution in [2.45, 2.75) is 38.2 Å². The number of hydrogen-bond donors (Lipinski definition) is 1. The molecule has 4 rings (SSSR count). The van der Waals surface area contributed by atoms with E-state index in [1.807, 2.05) is 35.2 Å². The molecule has 2 aliphatic rings. The van der Waals surface area contributed by atoms with E-state index in [0.717, 1.165) is 36.2 Å². The van der Waals surface area contributed by atoms with Gasteiger partial charge < -0.3 is 15.0 Å². The fourth-order valence-electron chi connectivity index (χ4n) is 3.97. The highest BCUT2D eigenvalue weighted by Gasteiger charge is 2.27. The Morgan fingerprint density at radius 1 is 1.22 bits per heavy atom. The number of benzene rings is 2. The van der Waals surface area contributed by atoms with Crippen molar-refractivity contribution >= 4 is 23.2 Å². The van der Waals surface area contributed by atoms with E-state index in [2.05, 4.69) is 17.4 Å². The molecule has 0 saturated heterocycles. The molecule has 1 unspecified atom stereocenters. The topological polar surface area (TPSA) is 58.6 Å². The monoisotopic (exact) mass is 364 g/mol. The Bertz CT molecular complexity index is 878. The third-order valence-electron chi connectivity index (χ3n) is 5.40. The van der Waals surface area contributed by atoms with Gasteiger partial charge in [0.25, 0.3) is 0 Å². The van der Waals surface area contributed by atoms with Crippen molar-refractivity contribution in [3.8, 4) is 0 Å². The molecule has 2 heterocycles. The van der Waals surface area contributed by atoms with Crippen molar-refractivity contribution in [3.63, 3.8) is 0 Å². The van der Waals surface area contributed by atoms with Gasteiger partial charge in [0, 0.05) is 31.3 Å². The Hall–Kier alpha value is -2.66. The second kappa shape index (κ2) is 7.53. The minimum atomic E-state index is 0.0468. The fraction of sp³-hybridized carbons (Fsp3) is 0.364. The standard InChI is InChI=1S/C22H24N2O3/c1-27-18-12-16-6-2-3-7-20(16)24(14-18)22(26)8-4-5-15-9-10-19-17(11-15)13-21(25)23-19/h2-3,6-7,9-11,18H,4-5,8,12-14H2,1H3,(H,23,25). The van der Waals surface area contributed by atoms with Gasteiger partial charge in [-0.05, 0) is 41.7 Å². The molecule has 0 saturated carbocycles. The number of hydrogen-bond acceptors (Lipinski definition) is 3. The quantitative estimate of drug-likeness (QED) is 0.887. The number of carbonyl (C=O) groups excluding carboxylic acids is 2. The van der Waals surface area contributed by atoms with Gasteiger partial charge in [0.15, 0.2) is 0 Å². The van der Waals surface area contributed by atoms with Crippen LogP contribution in [0.5, 0.6) is 0 Å². The van der Waals surface area contributed by atoms with Gasteiger partial charge in [0.05, 0.1) is 19.1 Å². The summed E-state index contributed by atoms with van der Waals surface area (Å²) in [5.41, 5.74) is 5.32. The minimum absolute atomic E-state index is 0.0468.